The lowest BCUT2D eigenvalue weighted by Gasteiger charge is -2.16. The first-order chi connectivity index (χ1) is 11.5. The minimum Gasteiger partial charge on any atom is -0.376 e. The summed E-state index contributed by atoms with van der Waals surface area (Å²) in [6, 6.07) is 5.91. The minimum atomic E-state index is -0.0863. The second kappa shape index (κ2) is 8.80. The van der Waals surface area contributed by atoms with Gasteiger partial charge in [-0.3, -0.25) is 9.59 Å². The van der Waals surface area contributed by atoms with Crippen molar-refractivity contribution in [3.8, 4) is 0 Å². The van der Waals surface area contributed by atoms with E-state index in [0.717, 1.165) is 41.2 Å². The fourth-order valence-electron chi connectivity index (χ4n) is 2.90. The van der Waals surface area contributed by atoms with E-state index in [9.17, 15) is 9.59 Å². The zero-order valence-electron chi connectivity index (χ0n) is 14.8. The smallest absolute Gasteiger partial charge is 0.279 e. The summed E-state index contributed by atoms with van der Waals surface area (Å²) >= 11 is 0. The highest BCUT2D eigenvalue weighted by Crippen LogP contribution is 2.18. The number of quaternary nitrogens is 1. The number of ether oxygens (including phenoxy) is 1. The van der Waals surface area contributed by atoms with E-state index in [1.807, 2.05) is 39.1 Å². The van der Waals surface area contributed by atoms with Crippen LogP contribution in [0.2, 0.25) is 0 Å². The van der Waals surface area contributed by atoms with E-state index in [-0.39, 0.29) is 31.0 Å². The molecular formula is C18H28N3O3+. The molecule has 6 heteroatoms. The summed E-state index contributed by atoms with van der Waals surface area (Å²) in [7, 11) is 1.84. The van der Waals surface area contributed by atoms with Crippen molar-refractivity contribution >= 4 is 17.5 Å². The zero-order valence-corrected chi connectivity index (χ0v) is 14.8. The first kappa shape index (κ1) is 18.4. The van der Waals surface area contributed by atoms with Gasteiger partial charge in [-0.15, -0.1) is 0 Å². The van der Waals surface area contributed by atoms with Crippen molar-refractivity contribution in [3.63, 3.8) is 0 Å². The van der Waals surface area contributed by atoms with Crippen LogP contribution in [-0.2, 0) is 14.3 Å². The molecule has 132 valence electrons. The molecule has 2 atom stereocenters. The number of aryl methyl sites for hydroxylation is 2. The van der Waals surface area contributed by atoms with Crippen LogP contribution < -0.4 is 15.5 Å². The number of hydrogen-bond donors (Lipinski definition) is 3. The van der Waals surface area contributed by atoms with Crippen molar-refractivity contribution in [2.24, 2.45) is 0 Å². The predicted molar refractivity (Wildman–Crippen MR) is 93.2 cm³/mol. The summed E-state index contributed by atoms with van der Waals surface area (Å²) < 4.78 is 5.48. The minimum absolute atomic E-state index is 0.0529. The largest absolute Gasteiger partial charge is 0.376 e. The highest BCUT2D eigenvalue weighted by molar-refractivity contribution is 5.93. The molecule has 2 amide bonds. The predicted octanol–water partition coefficient (Wildman–Crippen LogP) is 0.0518. The molecule has 3 N–H and O–H groups in total. The molecule has 1 saturated heterocycles. The number of nitrogens with one attached hydrogen (secondary N) is 3. The first-order valence-electron chi connectivity index (χ1n) is 8.51. The number of rotatable bonds is 7. The molecule has 1 aliphatic rings. The lowest BCUT2D eigenvalue weighted by Crippen LogP contribution is -3.11. The third-order valence-electron chi connectivity index (χ3n) is 4.22. The third kappa shape index (κ3) is 5.62. The number of anilines is 1. The van der Waals surface area contributed by atoms with Crippen LogP contribution in [0.25, 0.3) is 0 Å². The molecule has 24 heavy (non-hydrogen) atoms. The number of amides is 2. The van der Waals surface area contributed by atoms with Gasteiger partial charge in [0.2, 0.25) is 0 Å². The van der Waals surface area contributed by atoms with Crippen molar-refractivity contribution in [1.82, 2.24) is 5.32 Å². The molecule has 1 aromatic carbocycles. The van der Waals surface area contributed by atoms with Gasteiger partial charge in [0.05, 0.1) is 13.2 Å². The van der Waals surface area contributed by atoms with Crippen molar-refractivity contribution in [2.45, 2.75) is 32.8 Å². The topological polar surface area (TPSA) is 71.9 Å². The van der Waals surface area contributed by atoms with E-state index < -0.39 is 0 Å². The second-order valence-corrected chi connectivity index (χ2v) is 6.56. The van der Waals surface area contributed by atoms with Gasteiger partial charge in [0, 0.05) is 18.8 Å². The Bertz CT molecular complexity index is 563. The monoisotopic (exact) mass is 334 g/mol. The van der Waals surface area contributed by atoms with Gasteiger partial charge >= 0.3 is 0 Å². The Balaban J connectivity index is 1.73. The summed E-state index contributed by atoms with van der Waals surface area (Å²) in [4.78, 5) is 25.0. The average molecular weight is 334 g/mol. The molecule has 0 radical (unpaired) electrons. The van der Waals surface area contributed by atoms with Gasteiger partial charge < -0.3 is 20.3 Å². The van der Waals surface area contributed by atoms with E-state index in [2.05, 4.69) is 10.6 Å². The summed E-state index contributed by atoms with van der Waals surface area (Å²) in [5.41, 5.74) is 2.93. The SMILES string of the molecule is Cc1cccc(C)c1NC(=O)C[NH+](C)CC(=O)NC[C@H]1CCCO1. The van der Waals surface area contributed by atoms with Crippen LogP contribution in [0.3, 0.4) is 0 Å². The maximum atomic E-state index is 12.2. The summed E-state index contributed by atoms with van der Waals surface area (Å²) in [6.07, 6.45) is 2.20. The van der Waals surface area contributed by atoms with Gasteiger partial charge in [0.25, 0.3) is 11.8 Å². The molecule has 1 heterocycles. The number of carbonyl (C=O) groups is 2. The second-order valence-electron chi connectivity index (χ2n) is 6.56. The molecule has 2 rings (SSSR count). The molecule has 1 aliphatic heterocycles. The number of benzene rings is 1. The Morgan fingerprint density at radius 3 is 2.50 bits per heavy atom. The van der Waals surface area contributed by atoms with Crippen LogP contribution in [0.15, 0.2) is 18.2 Å². The van der Waals surface area contributed by atoms with Crippen molar-refractivity contribution in [3.05, 3.63) is 29.3 Å². The summed E-state index contributed by atoms with van der Waals surface area (Å²) in [6.45, 7) is 5.80. The van der Waals surface area contributed by atoms with Crippen LogP contribution in [0.1, 0.15) is 24.0 Å². The van der Waals surface area contributed by atoms with Crippen LogP contribution in [-0.4, -0.2) is 51.2 Å². The normalized spacial score (nSPS) is 18.2. The lowest BCUT2D eigenvalue weighted by molar-refractivity contribution is -0.862. The molecule has 0 saturated carbocycles. The van der Waals surface area contributed by atoms with E-state index in [1.54, 1.807) is 0 Å². The Hall–Kier alpha value is -1.92. The fraction of sp³-hybridized carbons (Fsp3) is 0.556. The van der Waals surface area contributed by atoms with Gasteiger partial charge in [0.15, 0.2) is 13.1 Å². The van der Waals surface area contributed by atoms with Crippen LogP contribution >= 0.6 is 0 Å². The van der Waals surface area contributed by atoms with E-state index in [4.69, 9.17) is 4.74 Å². The van der Waals surface area contributed by atoms with Crippen molar-refractivity contribution < 1.29 is 19.2 Å². The quantitative estimate of drug-likeness (QED) is 0.660. The van der Waals surface area contributed by atoms with Crippen LogP contribution in [0, 0.1) is 13.8 Å². The molecule has 1 unspecified atom stereocenters. The molecule has 0 aliphatic carbocycles. The fourth-order valence-corrected chi connectivity index (χ4v) is 2.90. The van der Waals surface area contributed by atoms with Crippen molar-refractivity contribution in [2.75, 3.05) is 38.6 Å². The third-order valence-corrected chi connectivity index (χ3v) is 4.22. The molecule has 0 spiro atoms. The average Bonchev–Trinajstić information content (AvgIpc) is 3.02. The van der Waals surface area contributed by atoms with Gasteiger partial charge in [-0.2, -0.15) is 0 Å². The Kier molecular flexibility index (Phi) is 6.75. The molecule has 6 nitrogen and oxygen atoms in total. The molecule has 1 fully saturated rings. The standard InChI is InChI=1S/C18H27N3O3/c1-13-6-4-7-14(2)18(13)20-17(23)12-21(3)11-16(22)19-10-15-8-5-9-24-15/h4,6-7,15H,5,8-12H2,1-3H3,(H,19,22)(H,20,23)/p+1/t15-/m1/s1. The molecule has 0 aromatic heterocycles. The van der Waals surface area contributed by atoms with E-state index in [0.29, 0.717) is 6.54 Å². The molecule has 0 bridgehead atoms. The maximum Gasteiger partial charge on any atom is 0.279 e. The first-order valence-corrected chi connectivity index (χ1v) is 8.51. The Morgan fingerprint density at radius 2 is 1.88 bits per heavy atom. The lowest BCUT2D eigenvalue weighted by atomic mass is 10.1. The Morgan fingerprint density at radius 1 is 1.21 bits per heavy atom. The van der Waals surface area contributed by atoms with Crippen molar-refractivity contribution in [1.29, 1.82) is 0 Å². The highest BCUT2D eigenvalue weighted by Gasteiger charge is 2.19. The molecular weight excluding hydrogens is 306 g/mol. The van der Waals surface area contributed by atoms with Gasteiger partial charge in [0.1, 0.15) is 0 Å². The van der Waals surface area contributed by atoms with Gasteiger partial charge in [-0.05, 0) is 37.8 Å². The summed E-state index contributed by atoms with van der Waals surface area (Å²) in [5.74, 6) is -0.139. The van der Waals surface area contributed by atoms with E-state index in [1.165, 1.54) is 0 Å². The van der Waals surface area contributed by atoms with E-state index >= 15 is 0 Å². The number of hydrogen-bond acceptors (Lipinski definition) is 3. The number of carbonyl (C=O) groups excluding carboxylic acids is 2. The highest BCUT2D eigenvalue weighted by atomic mass is 16.5. The number of likely N-dealkylation sites (N-methyl/N-ethyl adjacent to an activating group) is 1. The maximum absolute atomic E-state index is 12.2. The van der Waals surface area contributed by atoms with Gasteiger partial charge in [-0.25, -0.2) is 0 Å². The van der Waals surface area contributed by atoms with Crippen LogP contribution in [0.5, 0.6) is 0 Å². The van der Waals surface area contributed by atoms with Gasteiger partial charge in [-0.1, -0.05) is 18.2 Å². The van der Waals surface area contributed by atoms with Crippen LogP contribution in [0.4, 0.5) is 5.69 Å². The Labute approximate surface area is 143 Å². The molecule has 1 aromatic rings. The summed E-state index contributed by atoms with van der Waals surface area (Å²) in [5, 5.41) is 5.83. The zero-order chi connectivity index (χ0) is 17.5. The number of para-hydroxylation sites is 1.